The van der Waals surface area contributed by atoms with Crippen molar-refractivity contribution in [1.82, 2.24) is 10.2 Å². The Morgan fingerprint density at radius 2 is 2.12 bits per heavy atom. The number of hydrogen-bond acceptors (Lipinski definition) is 3. The van der Waals surface area contributed by atoms with E-state index in [4.69, 9.17) is 4.74 Å². The monoisotopic (exact) mass is 327 g/mol. The van der Waals surface area contributed by atoms with Gasteiger partial charge >= 0.3 is 0 Å². The van der Waals surface area contributed by atoms with Crippen LogP contribution >= 0.6 is 0 Å². The number of benzene rings is 2. The number of nitrogens with zero attached hydrogens (tertiary/aromatic N) is 2. The lowest BCUT2D eigenvalue weighted by Crippen LogP contribution is -2.40. The molecule has 1 atom stereocenters. The molecule has 1 aliphatic rings. The highest BCUT2D eigenvalue weighted by Gasteiger charge is 2.22. The molecule has 0 unspecified atom stereocenters. The third-order valence-electron chi connectivity index (χ3n) is 4.16. The predicted molar refractivity (Wildman–Crippen MR) is 97.6 cm³/mol. The normalized spacial score (nSPS) is 18.2. The van der Waals surface area contributed by atoms with E-state index in [1.54, 1.807) is 0 Å². The Kier molecular flexibility index (Phi) is 5.54. The van der Waals surface area contributed by atoms with Gasteiger partial charge in [0.25, 0.3) is 0 Å². The van der Waals surface area contributed by atoms with Gasteiger partial charge in [-0.25, -0.2) is 4.99 Å². The minimum Gasteiger partial charge on any atom is -0.491 e. The molecule has 0 radical (unpaired) electrons. The van der Waals surface area contributed by atoms with E-state index in [1.807, 2.05) is 24.3 Å². The van der Waals surface area contributed by atoms with Crippen molar-refractivity contribution < 1.29 is 9.84 Å². The molecule has 0 spiro atoms. The number of hydrogen-bond donors (Lipinski definition) is 2. The molecular weight excluding hydrogens is 302 g/mol. The maximum Gasteiger partial charge on any atom is 0.194 e. The van der Waals surface area contributed by atoms with E-state index in [0.29, 0.717) is 19.7 Å². The first-order chi connectivity index (χ1) is 11.8. The molecule has 0 saturated carbocycles. The molecule has 2 aromatic carbocycles. The molecule has 5 nitrogen and oxygen atoms in total. The van der Waals surface area contributed by atoms with Crippen LogP contribution in [0.2, 0.25) is 0 Å². The van der Waals surface area contributed by atoms with E-state index in [-0.39, 0.29) is 6.10 Å². The lowest BCUT2D eigenvalue weighted by atomic mass is 10.1. The maximum absolute atomic E-state index is 9.69. The van der Waals surface area contributed by atoms with Crippen LogP contribution in [-0.2, 0) is 0 Å². The average Bonchev–Trinajstić information content (AvgIpc) is 3.04. The number of ether oxygens (including phenoxy) is 1. The van der Waals surface area contributed by atoms with Gasteiger partial charge in [0.15, 0.2) is 5.96 Å². The third-order valence-corrected chi connectivity index (χ3v) is 4.16. The van der Waals surface area contributed by atoms with Crippen LogP contribution in [0.15, 0.2) is 47.5 Å². The number of aliphatic hydroxyl groups excluding tert-OH is 1. The summed E-state index contributed by atoms with van der Waals surface area (Å²) in [5, 5.41) is 15.3. The van der Waals surface area contributed by atoms with Crippen LogP contribution in [0.4, 0.5) is 0 Å². The topological polar surface area (TPSA) is 57.1 Å². The van der Waals surface area contributed by atoms with Crippen LogP contribution < -0.4 is 10.1 Å². The number of aliphatic imine (C=N–C) groups is 1. The summed E-state index contributed by atoms with van der Waals surface area (Å²) in [6.45, 7) is 5.47. The molecule has 5 heteroatoms. The standard InChI is InChI=1S/C19H25N3O2/c1-2-20-19(22-12-10-16(23)14-22)21-11-13-24-18-9-5-7-15-6-3-4-8-17(15)18/h3-9,16,23H,2,10-14H2,1H3,(H,20,21)/t16-/m1/s1. The Morgan fingerprint density at radius 1 is 1.29 bits per heavy atom. The molecule has 0 bridgehead atoms. The molecule has 1 fully saturated rings. The van der Waals surface area contributed by atoms with Gasteiger partial charge < -0.3 is 20.1 Å². The van der Waals surface area contributed by atoms with E-state index in [9.17, 15) is 5.11 Å². The lowest BCUT2D eigenvalue weighted by molar-refractivity contribution is 0.187. The average molecular weight is 327 g/mol. The number of aliphatic hydroxyl groups is 1. The molecule has 1 heterocycles. The van der Waals surface area contributed by atoms with Crippen molar-refractivity contribution in [2.45, 2.75) is 19.4 Å². The minimum atomic E-state index is -0.249. The summed E-state index contributed by atoms with van der Waals surface area (Å²) >= 11 is 0. The molecule has 24 heavy (non-hydrogen) atoms. The van der Waals surface area contributed by atoms with Crippen LogP contribution in [0.1, 0.15) is 13.3 Å². The van der Waals surface area contributed by atoms with E-state index in [1.165, 1.54) is 5.39 Å². The molecule has 0 aromatic heterocycles. The van der Waals surface area contributed by atoms with Gasteiger partial charge in [0.1, 0.15) is 12.4 Å². The minimum absolute atomic E-state index is 0.249. The second-order valence-corrected chi connectivity index (χ2v) is 5.95. The van der Waals surface area contributed by atoms with Gasteiger partial charge in [-0.3, -0.25) is 0 Å². The highest BCUT2D eigenvalue weighted by atomic mass is 16.5. The van der Waals surface area contributed by atoms with Gasteiger partial charge in [-0.15, -0.1) is 0 Å². The van der Waals surface area contributed by atoms with Gasteiger partial charge in [-0.2, -0.15) is 0 Å². The van der Waals surface area contributed by atoms with Gasteiger partial charge in [-0.05, 0) is 24.8 Å². The summed E-state index contributed by atoms with van der Waals surface area (Å²) in [5.41, 5.74) is 0. The smallest absolute Gasteiger partial charge is 0.194 e. The first-order valence-electron chi connectivity index (χ1n) is 8.60. The Balaban J connectivity index is 1.60. The molecule has 1 saturated heterocycles. The Bertz CT molecular complexity index is 697. The summed E-state index contributed by atoms with van der Waals surface area (Å²) in [7, 11) is 0. The van der Waals surface area contributed by atoms with E-state index in [0.717, 1.165) is 36.6 Å². The van der Waals surface area contributed by atoms with E-state index in [2.05, 4.69) is 40.3 Å². The van der Waals surface area contributed by atoms with Crippen molar-refractivity contribution in [2.75, 3.05) is 32.8 Å². The highest BCUT2D eigenvalue weighted by molar-refractivity contribution is 5.88. The summed E-state index contributed by atoms with van der Waals surface area (Å²) < 4.78 is 5.93. The van der Waals surface area contributed by atoms with Crippen LogP contribution in [0.5, 0.6) is 5.75 Å². The summed E-state index contributed by atoms with van der Waals surface area (Å²) in [6, 6.07) is 14.3. The SMILES string of the molecule is CCNC(=NCCOc1cccc2ccccc12)N1CC[C@@H](O)C1. The molecule has 0 aliphatic carbocycles. The Hall–Kier alpha value is -2.27. The van der Waals surface area contributed by atoms with Crippen LogP contribution in [0.3, 0.4) is 0 Å². The van der Waals surface area contributed by atoms with Crippen LogP contribution in [-0.4, -0.2) is 54.9 Å². The molecule has 2 N–H and O–H groups in total. The van der Waals surface area contributed by atoms with Crippen molar-refractivity contribution in [3.8, 4) is 5.75 Å². The first kappa shape index (κ1) is 16.6. The van der Waals surface area contributed by atoms with Crippen molar-refractivity contribution in [3.05, 3.63) is 42.5 Å². The highest BCUT2D eigenvalue weighted by Crippen LogP contribution is 2.24. The van der Waals surface area contributed by atoms with E-state index < -0.39 is 0 Å². The Morgan fingerprint density at radius 3 is 2.92 bits per heavy atom. The van der Waals surface area contributed by atoms with Gasteiger partial charge in [0, 0.05) is 25.0 Å². The number of rotatable bonds is 5. The van der Waals surface area contributed by atoms with Gasteiger partial charge in [-0.1, -0.05) is 36.4 Å². The third kappa shape index (κ3) is 3.97. The molecule has 0 amide bonds. The maximum atomic E-state index is 9.69. The fourth-order valence-electron chi connectivity index (χ4n) is 2.99. The van der Waals surface area contributed by atoms with Crippen molar-refractivity contribution in [3.63, 3.8) is 0 Å². The number of β-amino-alcohol motifs (C(OH)–C–C–N with tert-alkyl or cyclic N) is 1. The largest absolute Gasteiger partial charge is 0.491 e. The molecule has 3 rings (SSSR count). The lowest BCUT2D eigenvalue weighted by Gasteiger charge is -2.21. The Labute approximate surface area is 143 Å². The van der Waals surface area contributed by atoms with Crippen molar-refractivity contribution >= 4 is 16.7 Å². The number of fused-ring (bicyclic) bond motifs is 1. The molecular formula is C19H25N3O2. The number of guanidine groups is 1. The molecule has 2 aromatic rings. The second kappa shape index (κ2) is 8.02. The van der Waals surface area contributed by atoms with Gasteiger partial charge in [0.2, 0.25) is 0 Å². The van der Waals surface area contributed by atoms with Crippen LogP contribution in [0, 0.1) is 0 Å². The summed E-state index contributed by atoms with van der Waals surface area (Å²) in [4.78, 5) is 6.72. The zero-order valence-electron chi connectivity index (χ0n) is 14.1. The summed E-state index contributed by atoms with van der Waals surface area (Å²) in [6.07, 6.45) is 0.553. The van der Waals surface area contributed by atoms with E-state index >= 15 is 0 Å². The number of likely N-dealkylation sites (tertiary alicyclic amines) is 1. The zero-order valence-corrected chi connectivity index (χ0v) is 14.1. The van der Waals surface area contributed by atoms with Crippen molar-refractivity contribution in [1.29, 1.82) is 0 Å². The molecule has 1 aliphatic heterocycles. The predicted octanol–water partition coefficient (Wildman–Crippen LogP) is 2.25. The fraction of sp³-hybridized carbons (Fsp3) is 0.421. The quantitative estimate of drug-likeness (QED) is 0.502. The number of nitrogens with one attached hydrogen (secondary N) is 1. The van der Waals surface area contributed by atoms with Crippen LogP contribution in [0.25, 0.3) is 10.8 Å². The van der Waals surface area contributed by atoms with Gasteiger partial charge in [0.05, 0.1) is 12.6 Å². The zero-order chi connectivity index (χ0) is 16.8. The first-order valence-corrected chi connectivity index (χ1v) is 8.60. The molecule has 128 valence electrons. The summed E-state index contributed by atoms with van der Waals surface area (Å²) in [5.74, 6) is 1.75. The fourth-order valence-corrected chi connectivity index (χ4v) is 2.99. The van der Waals surface area contributed by atoms with Crippen molar-refractivity contribution in [2.24, 2.45) is 4.99 Å². The second-order valence-electron chi connectivity index (χ2n) is 5.95.